The van der Waals surface area contributed by atoms with Gasteiger partial charge in [0.25, 0.3) is 0 Å². The van der Waals surface area contributed by atoms with E-state index in [0.717, 1.165) is 49.3 Å². The van der Waals surface area contributed by atoms with Gasteiger partial charge in [-0.25, -0.2) is 0 Å². The lowest BCUT2D eigenvalue weighted by molar-refractivity contribution is -0.120. The van der Waals surface area contributed by atoms with Gasteiger partial charge in [0.1, 0.15) is 0 Å². The van der Waals surface area contributed by atoms with E-state index >= 15 is 0 Å². The molecule has 0 radical (unpaired) electrons. The van der Waals surface area contributed by atoms with Crippen LogP contribution in [0, 0.1) is 0 Å². The molecule has 1 aromatic carbocycles. The molecule has 0 atom stereocenters. The van der Waals surface area contributed by atoms with Crippen LogP contribution in [-0.4, -0.2) is 60.8 Å². The van der Waals surface area contributed by atoms with Crippen LogP contribution in [0.25, 0.3) is 10.8 Å². The zero-order chi connectivity index (χ0) is 15.4. The summed E-state index contributed by atoms with van der Waals surface area (Å²) >= 11 is 0. The first kappa shape index (κ1) is 14.7. The molecule has 1 saturated heterocycles. The van der Waals surface area contributed by atoms with Gasteiger partial charge in [0.15, 0.2) is 5.82 Å². The van der Waals surface area contributed by atoms with Gasteiger partial charge in [0, 0.05) is 57.0 Å². The third-order valence-electron chi connectivity index (χ3n) is 4.16. The lowest BCUT2D eigenvalue weighted by atomic mass is 10.1. The molecule has 6 heteroatoms. The molecule has 0 bridgehead atoms. The van der Waals surface area contributed by atoms with Gasteiger partial charge >= 0.3 is 0 Å². The molecule has 1 aliphatic rings. The molecule has 116 valence electrons. The van der Waals surface area contributed by atoms with Gasteiger partial charge in [0.05, 0.1) is 6.20 Å². The standard InChI is InChI=1S/C16H21N5O/c1-17-15(22)6-7-20-8-10-21(11-9-20)16-14-5-3-2-4-13(14)12-18-19-16/h2-5,12H,6-11H2,1H3,(H,17,22). The van der Waals surface area contributed by atoms with Crippen LogP contribution in [0.1, 0.15) is 6.42 Å². The summed E-state index contributed by atoms with van der Waals surface area (Å²) in [5.74, 6) is 1.06. The second-order valence-electron chi connectivity index (χ2n) is 5.51. The van der Waals surface area contributed by atoms with E-state index in [1.54, 1.807) is 13.2 Å². The van der Waals surface area contributed by atoms with Gasteiger partial charge in [-0.1, -0.05) is 24.3 Å². The van der Waals surface area contributed by atoms with Gasteiger partial charge in [-0.2, -0.15) is 5.10 Å². The Balaban J connectivity index is 1.64. The van der Waals surface area contributed by atoms with E-state index in [4.69, 9.17) is 0 Å². The summed E-state index contributed by atoms with van der Waals surface area (Å²) in [6, 6.07) is 8.21. The number of carbonyl (C=O) groups excluding carboxylic acids is 1. The molecular formula is C16H21N5O. The lowest BCUT2D eigenvalue weighted by Crippen LogP contribution is -2.47. The van der Waals surface area contributed by atoms with Crippen molar-refractivity contribution < 1.29 is 4.79 Å². The average Bonchev–Trinajstić information content (AvgIpc) is 2.59. The van der Waals surface area contributed by atoms with Crippen LogP contribution in [0.3, 0.4) is 0 Å². The second kappa shape index (κ2) is 6.70. The number of hydrogen-bond acceptors (Lipinski definition) is 5. The molecule has 22 heavy (non-hydrogen) atoms. The van der Waals surface area contributed by atoms with Crippen LogP contribution in [0.15, 0.2) is 30.5 Å². The number of fused-ring (bicyclic) bond motifs is 1. The van der Waals surface area contributed by atoms with Crippen molar-refractivity contribution in [1.29, 1.82) is 0 Å². The van der Waals surface area contributed by atoms with Crippen molar-refractivity contribution in [3.05, 3.63) is 30.5 Å². The van der Waals surface area contributed by atoms with Crippen LogP contribution in [0.2, 0.25) is 0 Å². The van der Waals surface area contributed by atoms with E-state index in [9.17, 15) is 4.79 Å². The Labute approximate surface area is 130 Å². The van der Waals surface area contributed by atoms with E-state index in [2.05, 4.69) is 37.4 Å². The van der Waals surface area contributed by atoms with Gasteiger partial charge in [-0.3, -0.25) is 9.69 Å². The van der Waals surface area contributed by atoms with E-state index < -0.39 is 0 Å². The number of nitrogens with zero attached hydrogens (tertiary/aromatic N) is 4. The molecule has 1 N–H and O–H groups in total. The predicted octanol–water partition coefficient (Wildman–Crippen LogP) is 0.888. The van der Waals surface area contributed by atoms with Crippen molar-refractivity contribution in [2.24, 2.45) is 0 Å². The first-order valence-electron chi connectivity index (χ1n) is 7.66. The maximum Gasteiger partial charge on any atom is 0.221 e. The summed E-state index contributed by atoms with van der Waals surface area (Å²) in [4.78, 5) is 15.9. The molecule has 0 aliphatic carbocycles. The molecule has 6 nitrogen and oxygen atoms in total. The number of piperazine rings is 1. The number of carbonyl (C=O) groups is 1. The van der Waals surface area contributed by atoms with Crippen molar-refractivity contribution in [3.63, 3.8) is 0 Å². The van der Waals surface area contributed by atoms with Gasteiger partial charge in [-0.15, -0.1) is 5.10 Å². The Bertz CT molecular complexity index is 647. The normalized spacial score (nSPS) is 16.0. The largest absolute Gasteiger partial charge is 0.359 e. The average molecular weight is 299 g/mol. The molecule has 3 rings (SSSR count). The molecule has 1 aromatic heterocycles. The molecule has 2 aromatic rings. The maximum absolute atomic E-state index is 11.3. The zero-order valence-corrected chi connectivity index (χ0v) is 12.8. The highest BCUT2D eigenvalue weighted by molar-refractivity contribution is 5.91. The summed E-state index contributed by atoms with van der Waals surface area (Å²) in [6.45, 7) is 4.53. The van der Waals surface area contributed by atoms with Crippen LogP contribution < -0.4 is 10.2 Å². The predicted molar refractivity (Wildman–Crippen MR) is 86.9 cm³/mol. The van der Waals surface area contributed by atoms with Crippen molar-refractivity contribution in [2.75, 3.05) is 44.7 Å². The van der Waals surface area contributed by atoms with E-state index in [1.807, 2.05) is 12.1 Å². The number of benzene rings is 1. The Hall–Kier alpha value is -2.21. The highest BCUT2D eigenvalue weighted by Crippen LogP contribution is 2.23. The van der Waals surface area contributed by atoms with Crippen molar-refractivity contribution in [3.8, 4) is 0 Å². The van der Waals surface area contributed by atoms with E-state index in [-0.39, 0.29) is 5.91 Å². The molecule has 0 spiro atoms. The topological polar surface area (TPSA) is 61.4 Å². The highest BCUT2D eigenvalue weighted by Gasteiger charge is 2.20. The monoisotopic (exact) mass is 299 g/mol. The van der Waals surface area contributed by atoms with Gasteiger partial charge in [-0.05, 0) is 0 Å². The first-order chi connectivity index (χ1) is 10.8. The number of nitrogens with one attached hydrogen (secondary N) is 1. The minimum absolute atomic E-state index is 0.0994. The fourth-order valence-electron chi connectivity index (χ4n) is 2.81. The number of anilines is 1. The summed E-state index contributed by atoms with van der Waals surface area (Å²) < 4.78 is 0. The SMILES string of the molecule is CNC(=O)CCN1CCN(c2nncc3ccccc23)CC1. The number of hydrogen-bond donors (Lipinski definition) is 1. The Morgan fingerprint density at radius 2 is 2.00 bits per heavy atom. The van der Waals surface area contributed by atoms with Crippen LogP contribution in [0.4, 0.5) is 5.82 Å². The minimum atomic E-state index is 0.0994. The molecule has 1 aliphatic heterocycles. The Morgan fingerprint density at radius 3 is 2.77 bits per heavy atom. The van der Waals surface area contributed by atoms with Crippen LogP contribution >= 0.6 is 0 Å². The molecule has 1 fully saturated rings. The molecule has 2 heterocycles. The highest BCUT2D eigenvalue weighted by atomic mass is 16.1. The third kappa shape index (κ3) is 3.17. The van der Waals surface area contributed by atoms with Crippen LogP contribution in [0.5, 0.6) is 0 Å². The summed E-state index contributed by atoms with van der Waals surface area (Å²) in [5.41, 5.74) is 0. The van der Waals surface area contributed by atoms with E-state index in [0.29, 0.717) is 6.42 Å². The smallest absolute Gasteiger partial charge is 0.221 e. The lowest BCUT2D eigenvalue weighted by Gasteiger charge is -2.35. The maximum atomic E-state index is 11.3. The fourth-order valence-corrected chi connectivity index (χ4v) is 2.81. The number of amides is 1. The molecule has 1 amide bonds. The number of aromatic nitrogens is 2. The van der Waals surface area contributed by atoms with E-state index in [1.165, 1.54) is 0 Å². The third-order valence-corrected chi connectivity index (χ3v) is 4.16. The van der Waals surface area contributed by atoms with Gasteiger partial charge < -0.3 is 10.2 Å². The van der Waals surface area contributed by atoms with Crippen molar-refractivity contribution in [2.45, 2.75) is 6.42 Å². The summed E-state index contributed by atoms with van der Waals surface area (Å²) in [6.07, 6.45) is 2.36. The Kier molecular flexibility index (Phi) is 4.48. The molecular weight excluding hydrogens is 278 g/mol. The summed E-state index contributed by atoms with van der Waals surface area (Å²) in [7, 11) is 1.68. The molecule has 0 saturated carbocycles. The Morgan fingerprint density at radius 1 is 1.23 bits per heavy atom. The van der Waals surface area contributed by atoms with Crippen LogP contribution in [-0.2, 0) is 4.79 Å². The minimum Gasteiger partial charge on any atom is -0.359 e. The first-order valence-corrected chi connectivity index (χ1v) is 7.66. The van der Waals surface area contributed by atoms with Crippen molar-refractivity contribution >= 4 is 22.5 Å². The fraction of sp³-hybridized carbons (Fsp3) is 0.438. The van der Waals surface area contributed by atoms with Gasteiger partial charge in [0.2, 0.25) is 5.91 Å². The number of rotatable bonds is 4. The zero-order valence-electron chi connectivity index (χ0n) is 12.8. The van der Waals surface area contributed by atoms with Crippen molar-refractivity contribution in [1.82, 2.24) is 20.4 Å². The summed E-state index contributed by atoms with van der Waals surface area (Å²) in [5, 5.41) is 13.4. The second-order valence-corrected chi connectivity index (χ2v) is 5.51. The quantitative estimate of drug-likeness (QED) is 0.908. The molecule has 0 unspecified atom stereocenters.